The highest BCUT2D eigenvalue weighted by molar-refractivity contribution is 5.92. The number of hydrogen-bond donors (Lipinski definition) is 0. The van der Waals surface area contributed by atoms with Crippen LogP contribution >= 0.6 is 0 Å². The maximum atomic E-state index is 12.5. The number of unbranched alkanes of at least 4 members (excludes halogenated alkanes) is 16. The van der Waals surface area contributed by atoms with Gasteiger partial charge in [0.25, 0.3) is 0 Å². The Bertz CT molecular complexity index is 935. The molecule has 0 N–H and O–H groups in total. The first-order valence-electron chi connectivity index (χ1n) is 16.4. The summed E-state index contributed by atoms with van der Waals surface area (Å²) in [4.78, 5) is 24.8. The Morgan fingerprint density at radius 3 is 1.34 bits per heavy atom. The molecule has 0 saturated carbocycles. The molecule has 0 aromatic heterocycles. The summed E-state index contributed by atoms with van der Waals surface area (Å²) in [7, 11) is 0. The van der Waals surface area contributed by atoms with E-state index >= 15 is 0 Å². The summed E-state index contributed by atoms with van der Waals surface area (Å²) >= 11 is 0. The largest absolute Gasteiger partial charge is 0.494 e. The molecule has 0 fully saturated rings. The molecule has 0 spiro atoms. The quantitative estimate of drug-likeness (QED) is 0.0718. The molecule has 228 valence electrons. The van der Waals surface area contributed by atoms with Gasteiger partial charge in [0.2, 0.25) is 0 Å². The number of rotatable bonds is 24. The van der Waals surface area contributed by atoms with Crippen LogP contribution < -0.4 is 9.47 Å². The zero-order valence-electron chi connectivity index (χ0n) is 25.8. The molecule has 2 aromatic rings. The minimum Gasteiger partial charge on any atom is -0.494 e. The van der Waals surface area contributed by atoms with Crippen LogP contribution in [0.15, 0.2) is 48.5 Å². The average Bonchev–Trinajstić information content (AvgIpc) is 2.99. The van der Waals surface area contributed by atoms with Crippen molar-refractivity contribution in [2.75, 3.05) is 13.2 Å². The lowest BCUT2D eigenvalue weighted by molar-refractivity contribution is 0.0497. The molecule has 41 heavy (non-hydrogen) atoms. The average molecular weight is 567 g/mol. The van der Waals surface area contributed by atoms with Crippen LogP contribution in [-0.4, -0.2) is 25.2 Å². The van der Waals surface area contributed by atoms with Crippen LogP contribution in [0.1, 0.15) is 150 Å². The van der Waals surface area contributed by atoms with E-state index in [0.717, 1.165) is 25.0 Å². The second kappa shape index (κ2) is 22.8. The van der Waals surface area contributed by atoms with Crippen molar-refractivity contribution in [3.8, 4) is 11.5 Å². The van der Waals surface area contributed by atoms with Crippen molar-refractivity contribution in [1.82, 2.24) is 0 Å². The van der Waals surface area contributed by atoms with Crippen LogP contribution in [-0.2, 0) is 4.74 Å². The topological polar surface area (TPSA) is 61.8 Å². The second-order valence-corrected chi connectivity index (χ2v) is 11.1. The molecule has 5 nitrogen and oxygen atoms in total. The molecule has 0 heterocycles. The Hall–Kier alpha value is -2.82. The van der Waals surface area contributed by atoms with Crippen LogP contribution in [0, 0.1) is 0 Å². The van der Waals surface area contributed by atoms with Crippen LogP contribution in [0.25, 0.3) is 0 Å². The van der Waals surface area contributed by atoms with Gasteiger partial charge in [0.15, 0.2) is 0 Å². The Balaban J connectivity index is 1.56. The summed E-state index contributed by atoms with van der Waals surface area (Å²) in [6, 6.07) is 13.5. The Morgan fingerprint density at radius 2 is 0.854 bits per heavy atom. The first kappa shape index (κ1) is 34.4. The van der Waals surface area contributed by atoms with Gasteiger partial charge in [0.1, 0.15) is 11.5 Å². The second-order valence-electron chi connectivity index (χ2n) is 11.1. The van der Waals surface area contributed by atoms with E-state index in [-0.39, 0.29) is 5.97 Å². The molecule has 0 bridgehead atoms. The SMILES string of the molecule is CCCCCCCCCCCCCCOc1ccc(C(=O)Oc2ccc(C(=O)OCCCCCCCC)cc2)cc1. The standard InChI is InChI=1S/C36H54O5/c1-3-5-7-9-11-12-13-14-15-16-18-19-29-39-33-25-21-32(22-26-33)36(38)41-34-27-23-31(24-28-34)35(37)40-30-20-17-10-8-6-4-2/h21-28H,3-20,29-30H2,1-2H3. The molecule has 0 aliphatic rings. The molecule has 0 aliphatic heterocycles. The number of carbonyl (C=O) groups excluding carboxylic acids is 2. The van der Waals surface area contributed by atoms with E-state index in [1.165, 1.54) is 96.3 Å². The molecular weight excluding hydrogens is 512 g/mol. The Labute approximate surface area is 249 Å². The van der Waals surface area contributed by atoms with Gasteiger partial charge in [0, 0.05) is 0 Å². The minimum atomic E-state index is -0.448. The van der Waals surface area contributed by atoms with E-state index in [1.807, 2.05) is 0 Å². The number of benzene rings is 2. The molecule has 0 saturated heterocycles. The Morgan fingerprint density at radius 1 is 0.463 bits per heavy atom. The summed E-state index contributed by atoms with van der Waals surface area (Å²) in [6.07, 6.45) is 22.7. The van der Waals surface area contributed by atoms with Gasteiger partial charge in [-0.1, -0.05) is 117 Å². The predicted molar refractivity (Wildman–Crippen MR) is 168 cm³/mol. The predicted octanol–water partition coefficient (Wildman–Crippen LogP) is 10.5. The highest BCUT2D eigenvalue weighted by Gasteiger charge is 2.11. The first-order valence-corrected chi connectivity index (χ1v) is 16.4. The molecule has 0 aliphatic carbocycles. The fourth-order valence-corrected chi connectivity index (χ4v) is 4.78. The van der Waals surface area contributed by atoms with Crippen molar-refractivity contribution in [1.29, 1.82) is 0 Å². The van der Waals surface area contributed by atoms with Gasteiger partial charge in [-0.05, 0) is 61.4 Å². The maximum Gasteiger partial charge on any atom is 0.343 e. The van der Waals surface area contributed by atoms with E-state index in [4.69, 9.17) is 14.2 Å². The number of esters is 2. The third-order valence-corrected chi connectivity index (χ3v) is 7.39. The van der Waals surface area contributed by atoms with Crippen LogP contribution in [0.5, 0.6) is 11.5 Å². The molecule has 0 amide bonds. The van der Waals surface area contributed by atoms with Crippen LogP contribution in [0.2, 0.25) is 0 Å². The third kappa shape index (κ3) is 16.3. The van der Waals surface area contributed by atoms with Crippen LogP contribution in [0.3, 0.4) is 0 Å². The third-order valence-electron chi connectivity index (χ3n) is 7.39. The van der Waals surface area contributed by atoms with Crippen molar-refractivity contribution in [2.45, 2.75) is 129 Å². The van der Waals surface area contributed by atoms with Crippen molar-refractivity contribution in [3.05, 3.63) is 59.7 Å². The van der Waals surface area contributed by atoms with Crippen molar-refractivity contribution in [3.63, 3.8) is 0 Å². The number of carbonyl (C=O) groups is 2. The van der Waals surface area contributed by atoms with Crippen molar-refractivity contribution < 1.29 is 23.8 Å². The molecule has 0 atom stereocenters. The highest BCUT2D eigenvalue weighted by Crippen LogP contribution is 2.18. The smallest absolute Gasteiger partial charge is 0.343 e. The van der Waals surface area contributed by atoms with Gasteiger partial charge in [-0.15, -0.1) is 0 Å². The monoisotopic (exact) mass is 566 g/mol. The van der Waals surface area contributed by atoms with Gasteiger partial charge < -0.3 is 14.2 Å². The van der Waals surface area contributed by atoms with Gasteiger partial charge in [-0.25, -0.2) is 9.59 Å². The Kier molecular flexibility index (Phi) is 19.1. The molecule has 2 rings (SSSR count). The maximum absolute atomic E-state index is 12.5. The van der Waals surface area contributed by atoms with Crippen molar-refractivity contribution >= 4 is 11.9 Å². The summed E-state index contributed by atoms with van der Waals surface area (Å²) in [5, 5.41) is 0. The first-order chi connectivity index (χ1) is 20.1. The lowest BCUT2D eigenvalue weighted by Gasteiger charge is -2.08. The molecule has 0 unspecified atom stereocenters. The molecule has 0 radical (unpaired) electrons. The fraction of sp³-hybridized carbons (Fsp3) is 0.611. The van der Waals surface area contributed by atoms with E-state index in [9.17, 15) is 9.59 Å². The summed E-state index contributed by atoms with van der Waals surface area (Å²) < 4.78 is 16.7. The highest BCUT2D eigenvalue weighted by atomic mass is 16.5. The van der Waals surface area contributed by atoms with Gasteiger partial charge in [-0.3, -0.25) is 0 Å². The summed E-state index contributed by atoms with van der Waals surface area (Å²) in [5.74, 6) is 0.342. The molecular formula is C36H54O5. The zero-order chi connectivity index (χ0) is 29.4. The number of hydrogen-bond acceptors (Lipinski definition) is 5. The minimum absolute atomic E-state index is 0.351. The number of ether oxygens (including phenoxy) is 3. The molecule has 5 heteroatoms. The normalized spacial score (nSPS) is 10.9. The lowest BCUT2D eigenvalue weighted by Crippen LogP contribution is -2.09. The lowest BCUT2D eigenvalue weighted by atomic mass is 10.1. The van der Waals surface area contributed by atoms with Gasteiger partial charge >= 0.3 is 11.9 Å². The van der Waals surface area contributed by atoms with Crippen molar-refractivity contribution in [2.24, 2.45) is 0 Å². The van der Waals surface area contributed by atoms with E-state index in [2.05, 4.69) is 13.8 Å². The van der Waals surface area contributed by atoms with E-state index in [1.54, 1.807) is 48.5 Å². The van der Waals surface area contributed by atoms with Crippen LogP contribution in [0.4, 0.5) is 0 Å². The van der Waals surface area contributed by atoms with Gasteiger partial charge in [-0.2, -0.15) is 0 Å². The summed E-state index contributed by atoms with van der Waals surface area (Å²) in [6.45, 7) is 5.58. The van der Waals surface area contributed by atoms with E-state index < -0.39 is 5.97 Å². The van der Waals surface area contributed by atoms with E-state index in [0.29, 0.717) is 30.1 Å². The van der Waals surface area contributed by atoms with Gasteiger partial charge in [0.05, 0.1) is 24.3 Å². The summed E-state index contributed by atoms with van der Waals surface area (Å²) in [5.41, 5.74) is 0.899. The molecule has 2 aromatic carbocycles. The fourth-order valence-electron chi connectivity index (χ4n) is 4.78. The zero-order valence-corrected chi connectivity index (χ0v) is 25.8.